The third-order valence-electron chi connectivity index (χ3n) is 3.43. The zero-order valence-electron chi connectivity index (χ0n) is 11.6. The second-order valence-electron chi connectivity index (χ2n) is 4.60. The van der Waals surface area contributed by atoms with Gasteiger partial charge < -0.3 is 9.72 Å². The first-order chi connectivity index (χ1) is 9.83. The van der Waals surface area contributed by atoms with E-state index >= 15 is 0 Å². The van der Waals surface area contributed by atoms with Crippen LogP contribution in [0.25, 0.3) is 10.9 Å². The highest BCUT2D eigenvalue weighted by molar-refractivity contribution is 7.99. The number of hydrogen-bond donors (Lipinski definition) is 1. The Balaban J connectivity index is 2.03. The summed E-state index contributed by atoms with van der Waals surface area (Å²) in [5, 5.41) is 1.21. The van der Waals surface area contributed by atoms with Crippen molar-refractivity contribution in [1.29, 1.82) is 0 Å². The van der Waals surface area contributed by atoms with Crippen LogP contribution in [0.1, 0.15) is 12.5 Å². The van der Waals surface area contributed by atoms with Crippen molar-refractivity contribution >= 4 is 22.7 Å². The van der Waals surface area contributed by atoms with Crippen LogP contribution in [0.5, 0.6) is 5.75 Å². The maximum absolute atomic E-state index is 5.40. The van der Waals surface area contributed by atoms with Crippen molar-refractivity contribution in [3.8, 4) is 5.75 Å². The second kappa shape index (κ2) is 5.63. The molecule has 0 bridgehead atoms. The number of hydrogen-bond acceptors (Lipinski definition) is 2. The summed E-state index contributed by atoms with van der Waals surface area (Å²) in [5.41, 5.74) is 2.45. The van der Waals surface area contributed by atoms with Gasteiger partial charge in [-0.1, -0.05) is 49.0 Å². The number of ether oxygens (including phenoxy) is 1. The molecule has 0 aliphatic heterocycles. The van der Waals surface area contributed by atoms with Crippen molar-refractivity contribution in [3.63, 3.8) is 0 Å². The van der Waals surface area contributed by atoms with Gasteiger partial charge in [-0.3, -0.25) is 0 Å². The van der Waals surface area contributed by atoms with E-state index in [1.165, 1.54) is 20.7 Å². The summed E-state index contributed by atoms with van der Waals surface area (Å²) >= 11 is 1.81. The Labute approximate surface area is 123 Å². The van der Waals surface area contributed by atoms with Crippen molar-refractivity contribution in [2.75, 3.05) is 7.11 Å². The average molecular weight is 283 g/mol. The Hall–Kier alpha value is -1.87. The zero-order chi connectivity index (χ0) is 13.9. The van der Waals surface area contributed by atoms with E-state index in [1.807, 2.05) is 23.9 Å². The highest BCUT2D eigenvalue weighted by atomic mass is 32.2. The number of rotatable bonds is 4. The summed E-state index contributed by atoms with van der Waals surface area (Å²) in [7, 11) is 1.70. The topological polar surface area (TPSA) is 25.0 Å². The lowest BCUT2D eigenvalue weighted by atomic mass is 10.2. The Morgan fingerprint density at radius 1 is 1.05 bits per heavy atom. The van der Waals surface area contributed by atoms with E-state index in [9.17, 15) is 0 Å². The molecule has 0 aliphatic rings. The van der Waals surface area contributed by atoms with Crippen LogP contribution in [0.4, 0.5) is 0 Å². The quantitative estimate of drug-likeness (QED) is 0.737. The maximum Gasteiger partial charge on any atom is 0.142 e. The van der Waals surface area contributed by atoms with Gasteiger partial charge in [0.25, 0.3) is 0 Å². The first-order valence-corrected chi connectivity index (χ1v) is 7.55. The molecule has 0 radical (unpaired) electrons. The molecule has 3 heteroatoms. The summed E-state index contributed by atoms with van der Waals surface area (Å²) in [6.07, 6.45) is 3.11. The molecule has 20 heavy (non-hydrogen) atoms. The van der Waals surface area contributed by atoms with Gasteiger partial charge in [0.15, 0.2) is 0 Å². The Bertz CT molecular complexity index is 733. The Morgan fingerprint density at radius 2 is 1.90 bits per heavy atom. The number of nitrogens with one attached hydrogen (secondary N) is 1. The summed E-state index contributed by atoms with van der Waals surface area (Å²) in [4.78, 5) is 5.87. The van der Waals surface area contributed by atoms with Crippen LogP contribution in [0.2, 0.25) is 0 Å². The lowest BCUT2D eigenvalue weighted by Crippen LogP contribution is -1.84. The molecule has 0 aliphatic carbocycles. The molecule has 0 saturated carbocycles. The number of aromatic amines is 1. The summed E-state index contributed by atoms with van der Waals surface area (Å²) in [6, 6.07) is 14.7. The third-order valence-corrected chi connectivity index (χ3v) is 4.61. The third kappa shape index (κ3) is 2.29. The van der Waals surface area contributed by atoms with E-state index in [0.717, 1.165) is 17.7 Å². The van der Waals surface area contributed by atoms with E-state index in [2.05, 4.69) is 48.4 Å². The minimum absolute atomic E-state index is 0.887. The first kappa shape index (κ1) is 13.1. The van der Waals surface area contributed by atoms with Crippen LogP contribution in [-0.2, 0) is 6.42 Å². The molecular weight excluding hydrogens is 266 g/mol. The molecule has 0 fully saturated rings. The molecule has 0 atom stereocenters. The van der Waals surface area contributed by atoms with Crippen molar-refractivity contribution in [1.82, 2.24) is 4.98 Å². The molecule has 1 N–H and O–H groups in total. The van der Waals surface area contributed by atoms with Crippen LogP contribution in [0.15, 0.2) is 58.5 Å². The van der Waals surface area contributed by atoms with Crippen LogP contribution in [-0.4, -0.2) is 12.1 Å². The second-order valence-corrected chi connectivity index (χ2v) is 5.68. The summed E-state index contributed by atoms with van der Waals surface area (Å²) in [6.45, 7) is 2.19. The largest absolute Gasteiger partial charge is 0.495 e. The van der Waals surface area contributed by atoms with Crippen molar-refractivity contribution in [3.05, 3.63) is 54.2 Å². The highest BCUT2D eigenvalue weighted by Crippen LogP contribution is 2.37. The fourth-order valence-corrected chi connectivity index (χ4v) is 3.49. The highest BCUT2D eigenvalue weighted by Gasteiger charge is 2.10. The molecule has 1 heterocycles. The number of aryl methyl sites for hydroxylation is 1. The first-order valence-electron chi connectivity index (χ1n) is 6.73. The molecule has 3 aromatic rings. The normalized spacial score (nSPS) is 10.9. The van der Waals surface area contributed by atoms with Crippen LogP contribution in [0, 0.1) is 0 Å². The standard InChI is InChI=1S/C17H17NOS/c1-3-12-7-4-5-10-15(12)20-16-11-18-17-13(16)8-6-9-14(17)19-2/h4-11,18H,3H2,1-2H3. The Morgan fingerprint density at radius 3 is 2.70 bits per heavy atom. The van der Waals surface area contributed by atoms with Crippen molar-refractivity contribution < 1.29 is 4.74 Å². The summed E-state index contributed by atoms with van der Waals surface area (Å²) in [5.74, 6) is 0.887. The van der Waals surface area contributed by atoms with E-state index in [4.69, 9.17) is 4.74 Å². The van der Waals surface area contributed by atoms with E-state index in [1.54, 1.807) is 7.11 Å². The fraction of sp³-hybridized carbons (Fsp3) is 0.176. The average Bonchev–Trinajstić information content (AvgIpc) is 2.91. The van der Waals surface area contributed by atoms with Crippen LogP contribution < -0.4 is 4.74 Å². The number of fused-ring (bicyclic) bond motifs is 1. The van der Waals surface area contributed by atoms with E-state index in [-0.39, 0.29) is 0 Å². The van der Waals surface area contributed by atoms with Gasteiger partial charge in [-0.2, -0.15) is 0 Å². The van der Waals surface area contributed by atoms with Gasteiger partial charge in [0.2, 0.25) is 0 Å². The van der Waals surface area contributed by atoms with Gasteiger partial charge in [-0.15, -0.1) is 0 Å². The molecule has 3 rings (SSSR count). The lowest BCUT2D eigenvalue weighted by molar-refractivity contribution is 0.419. The summed E-state index contributed by atoms with van der Waals surface area (Å²) < 4.78 is 5.40. The molecule has 0 amide bonds. The van der Waals surface area contributed by atoms with Gasteiger partial charge in [0.1, 0.15) is 5.75 Å². The monoisotopic (exact) mass is 283 g/mol. The molecule has 0 unspecified atom stereocenters. The minimum Gasteiger partial charge on any atom is -0.495 e. The number of methoxy groups -OCH3 is 1. The van der Waals surface area contributed by atoms with Gasteiger partial charge in [-0.25, -0.2) is 0 Å². The predicted octanol–water partition coefficient (Wildman–Crippen LogP) is 4.89. The van der Waals surface area contributed by atoms with Crippen LogP contribution in [0.3, 0.4) is 0 Å². The van der Waals surface area contributed by atoms with Gasteiger partial charge in [0.05, 0.1) is 12.6 Å². The number of aromatic nitrogens is 1. The maximum atomic E-state index is 5.40. The van der Waals surface area contributed by atoms with Crippen LogP contribution >= 0.6 is 11.8 Å². The molecular formula is C17H17NOS. The number of benzene rings is 2. The molecule has 1 aromatic heterocycles. The van der Waals surface area contributed by atoms with Gasteiger partial charge >= 0.3 is 0 Å². The molecule has 2 nitrogen and oxygen atoms in total. The smallest absolute Gasteiger partial charge is 0.142 e. The minimum atomic E-state index is 0.887. The number of H-pyrrole nitrogens is 1. The van der Waals surface area contributed by atoms with Crippen molar-refractivity contribution in [2.24, 2.45) is 0 Å². The zero-order valence-corrected chi connectivity index (χ0v) is 12.5. The molecule has 0 spiro atoms. The lowest BCUT2D eigenvalue weighted by Gasteiger charge is -2.06. The molecule has 0 saturated heterocycles. The fourth-order valence-electron chi connectivity index (χ4n) is 2.37. The van der Waals surface area contributed by atoms with Gasteiger partial charge in [0, 0.05) is 21.4 Å². The van der Waals surface area contributed by atoms with Gasteiger partial charge in [-0.05, 0) is 24.1 Å². The molecule has 102 valence electrons. The van der Waals surface area contributed by atoms with E-state index < -0.39 is 0 Å². The SMILES string of the molecule is CCc1ccccc1Sc1c[nH]c2c(OC)cccc12. The van der Waals surface area contributed by atoms with Crippen molar-refractivity contribution in [2.45, 2.75) is 23.1 Å². The molecule has 2 aromatic carbocycles. The number of para-hydroxylation sites is 1. The Kier molecular flexibility index (Phi) is 3.70. The van der Waals surface area contributed by atoms with E-state index in [0.29, 0.717) is 0 Å². The predicted molar refractivity (Wildman–Crippen MR) is 84.8 cm³/mol.